The molecule has 1 aromatic heterocycles. The van der Waals surface area contributed by atoms with Gasteiger partial charge in [0.25, 0.3) is 5.91 Å². The number of piperidine rings is 1. The number of carbonyl (C=O) groups is 2. The highest BCUT2D eigenvalue weighted by Gasteiger charge is 2.37. The Morgan fingerprint density at radius 1 is 1.15 bits per heavy atom. The van der Waals surface area contributed by atoms with Crippen molar-refractivity contribution in [3.63, 3.8) is 0 Å². The van der Waals surface area contributed by atoms with Gasteiger partial charge in [-0.05, 0) is 61.9 Å². The van der Waals surface area contributed by atoms with Crippen LogP contribution in [-0.4, -0.2) is 58.6 Å². The van der Waals surface area contributed by atoms with Gasteiger partial charge < -0.3 is 15.0 Å². The minimum absolute atomic E-state index is 0.0550. The standard InChI is InChI=1S/C24H30FN5O3/c1-15(2)20-14-33-24(32)30(20)21-8-11-26-23(28-21)27-16(3)17-9-12-29(13-10-17)22(31)18-4-6-19(25)7-5-18/h4-8,11,15-17,20H,9-10,12-14H2,1-3H3,(H,26,27,28)/t16-,20?/m0/s1. The Morgan fingerprint density at radius 3 is 2.52 bits per heavy atom. The van der Waals surface area contributed by atoms with Crippen LogP contribution in [0.5, 0.6) is 0 Å². The Bertz CT molecular complexity index is 992. The van der Waals surface area contributed by atoms with E-state index in [1.54, 1.807) is 17.2 Å². The van der Waals surface area contributed by atoms with Crippen molar-refractivity contribution in [1.82, 2.24) is 14.9 Å². The smallest absolute Gasteiger partial charge is 0.415 e. The highest BCUT2D eigenvalue weighted by atomic mass is 19.1. The van der Waals surface area contributed by atoms with E-state index < -0.39 is 0 Å². The molecule has 9 heteroatoms. The van der Waals surface area contributed by atoms with E-state index in [1.165, 1.54) is 24.3 Å². The number of likely N-dealkylation sites (tertiary alicyclic amines) is 1. The molecular weight excluding hydrogens is 425 g/mol. The van der Waals surface area contributed by atoms with Crippen LogP contribution >= 0.6 is 0 Å². The van der Waals surface area contributed by atoms with E-state index in [4.69, 9.17) is 4.74 Å². The van der Waals surface area contributed by atoms with Crippen LogP contribution in [0.4, 0.5) is 21.0 Å². The number of hydrogen-bond donors (Lipinski definition) is 1. The number of rotatable bonds is 6. The maximum absolute atomic E-state index is 13.1. The van der Waals surface area contributed by atoms with Crippen LogP contribution in [0, 0.1) is 17.7 Å². The van der Waals surface area contributed by atoms with E-state index >= 15 is 0 Å². The van der Waals surface area contributed by atoms with Gasteiger partial charge in [0.15, 0.2) is 0 Å². The second-order valence-corrected chi connectivity index (χ2v) is 9.07. The van der Waals surface area contributed by atoms with Crippen molar-refractivity contribution in [1.29, 1.82) is 0 Å². The summed E-state index contributed by atoms with van der Waals surface area (Å²) in [6, 6.07) is 7.43. The van der Waals surface area contributed by atoms with Crippen LogP contribution in [0.25, 0.3) is 0 Å². The van der Waals surface area contributed by atoms with Gasteiger partial charge in [0, 0.05) is 30.9 Å². The molecule has 0 radical (unpaired) electrons. The zero-order valence-electron chi connectivity index (χ0n) is 19.2. The number of benzene rings is 1. The molecule has 33 heavy (non-hydrogen) atoms. The van der Waals surface area contributed by atoms with E-state index in [0.717, 1.165) is 12.8 Å². The average molecular weight is 456 g/mol. The highest BCUT2D eigenvalue weighted by Crippen LogP contribution is 2.27. The van der Waals surface area contributed by atoms with Crippen LogP contribution in [-0.2, 0) is 4.74 Å². The number of halogens is 1. The maximum Gasteiger partial charge on any atom is 0.415 e. The van der Waals surface area contributed by atoms with Gasteiger partial charge in [-0.1, -0.05) is 13.8 Å². The quantitative estimate of drug-likeness (QED) is 0.710. The molecule has 2 saturated heterocycles. The molecule has 3 heterocycles. The summed E-state index contributed by atoms with van der Waals surface area (Å²) in [6.45, 7) is 7.82. The number of cyclic esters (lactones) is 1. The minimum atomic E-state index is -0.385. The number of carbonyl (C=O) groups excluding carboxylic acids is 2. The normalized spacial score (nSPS) is 20.2. The first-order valence-corrected chi connectivity index (χ1v) is 11.4. The van der Waals surface area contributed by atoms with E-state index in [-0.39, 0.29) is 35.8 Å². The van der Waals surface area contributed by atoms with E-state index in [2.05, 4.69) is 36.1 Å². The van der Waals surface area contributed by atoms with Crippen LogP contribution in [0.15, 0.2) is 36.5 Å². The molecule has 2 atom stereocenters. The lowest BCUT2D eigenvalue weighted by molar-refractivity contribution is 0.0684. The van der Waals surface area contributed by atoms with Gasteiger partial charge in [-0.3, -0.25) is 9.69 Å². The molecule has 0 aliphatic carbocycles. The van der Waals surface area contributed by atoms with Crippen LogP contribution in [0.2, 0.25) is 0 Å². The number of amides is 2. The second kappa shape index (κ2) is 9.72. The molecule has 2 aliphatic rings. The number of nitrogens with zero attached hydrogens (tertiary/aromatic N) is 4. The van der Waals surface area contributed by atoms with Crippen LogP contribution in [0.1, 0.15) is 44.0 Å². The first kappa shape index (κ1) is 22.9. The molecule has 176 valence electrons. The van der Waals surface area contributed by atoms with Gasteiger partial charge in [0.1, 0.15) is 18.2 Å². The monoisotopic (exact) mass is 455 g/mol. The molecule has 2 amide bonds. The molecule has 4 rings (SSSR count). The molecule has 2 fully saturated rings. The van der Waals surface area contributed by atoms with E-state index in [0.29, 0.717) is 42.9 Å². The fourth-order valence-corrected chi connectivity index (χ4v) is 4.44. The van der Waals surface area contributed by atoms with Crippen molar-refractivity contribution in [2.24, 2.45) is 11.8 Å². The van der Waals surface area contributed by atoms with Crippen molar-refractivity contribution in [3.05, 3.63) is 47.9 Å². The summed E-state index contributed by atoms with van der Waals surface area (Å²) in [4.78, 5) is 37.2. The summed E-state index contributed by atoms with van der Waals surface area (Å²) in [5.74, 6) is 1.16. The van der Waals surface area contributed by atoms with Crippen molar-refractivity contribution < 1.29 is 18.7 Å². The molecule has 1 aromatic carbocycles. The molecule has 0 saturated carbocycles. The minimum Gasteiger partial charge on any atom is -0.447 e. The van der Waals surface area contributed by atoms with Crippen LogP contribution < -0.4 is 10.2 Å². The fourth-order valence-electron chi connectivity index (χ4n) is 4.44. The number of hydrogen-bond acceptors (Lipinski definition) is 6. The molecule has 2 aliphatic heterocycles. The Hall–Kier alpha value is -3.23. The lowest BCUT2D eigenvalue weighted by atomic mass is 9.90. The summed E-state index contributed by atoms with van der Waals surface area (Å²) in [5.41, 5.74) is 0.506. The molecule has 2 aromatic rings. The van der Waals surface area contributed by atoms with Gasteiger partial charge in [0.05, 0.1) is 6.04 Å². The first-order chi connectivity index (χ1) is 15.8. The van der Waals surface area contributed by atoms with Crippen molar-refractivity contribution in [2.75, 3.05) is 29.9 Å². The maximum atomic E-state index is 13.1. The Morgan fingerprint density at radius 2 is 1.85 bits per heavy atom. The van der Waals surface area contributed by atoms with Crippen molar-refractivity contribution >= 4 is 23.8 Å². The summed E-state index contributed by atoms with van der Waals surface area (Å²) < 4.78 is 18.4. The largest absolute Gasteiger partial charge is 0.447 e. The molecular formula is C24H30FN5O3. The Balaban J connectivity index is 1.35. The number of anilines is 2. The zero-order chi connectivity index (χ0) is 23.5. The topological polar surface area (TPSA) is 87.7 Å². The average Bonchev–Trinajstić information content (AvgIpc) is 3.21. The van der Waals surface area contributed by atoms with Crippen molar-refractivity contribution in [3.8, 4) is 0 Å². The lowest BCUT2D eigenvalue weighted by Gasteiger charge is -2.35. The predicted octanol–water partition coefficient (Wildman–Crippen LogP) is 3.95. The summed E-state index contributed by atoms with van der Waals surface area (Å²) in [6.07, 6.45) is 2.94. The fraction of sp³-hybridized carbons (Fsp3) is 0.500. The van der Waals surface area contributed by atoms with Gasteiger partial charge in [-0.15, -0.1) is 0 Å². The molecule has 0 spiro atoms. The number of nitrogens with one attached hydrogen (secondary N) is 1. The summed E-state index contributed by atoms with van der Waals surface area (Å²) >= 11 is 0. The third-order valence-corrected chi connectivity index (χ3v) is 6.55. The van der Waals surface area contributed by atoms with Gasteiger partial charge in [0.2, 0.25) is 5.95 Å². The number of aromatic nitrogens is 2. The molecule has 1 unspecified atom stereocenters. The van der Waals surface area contributed by atoms with E-state index in [9.17, 15) is 14.0 Å². The first-order valence-electron chi connectivity index (χ1n) is 11.4. The van der Waals surface area contributed by atoms with Crippen LogP contribution in [0.3, 0.4) is 0 Å². The second-order valence-electron chi connectivity index (χ2n) is 9.07. The third-order valence-electron chi connectivity index (χ3n) is 6.55. The van der Waals surface area contributed by atoms with Gasteiger partial charge in [-0.2, -0.15) is 4.98 Å². The number of ether oxygens (including phenoxy) is 1. The summed E-state index contributed by atoms with van der Waals surface area (Å²) in [7, 11) is 0. The van der Waals surface area contributed by atoms with E-state index in [1.807, 2.05) is 4.90 Å². The van der Waals surface area contributed by atoms with Gasteiger partial charge in [-0.25, -0.2) is 14.2 Å². The molecule has 0 bridgehead atoms. The lowest BCUT2D eigenvalue weighted by Crippen LogP contribution is -2.42. The SMILES string of the molecule is CC(C)C1COC(=O)N1c1ccnc(N[C@@H](C)C2CCN(C(=O)c3ccc(F)cc3)CC2)n1. The van der Waals surface area contributed by atoms with Crippen molar-refractivity contribution in [2.45, 2.75) is 45.7 Å². The Kier molecular flexibility index (Phi) is 6.76. The predicted molar refractivity (Wildman–Crippen MR) is 123 cm³/mol. The Labute approximate surface area is 193 Å². The van der Waals surface area contributed by atoms with Gasteiger partial charge >= 0.3 is 6.09 Å². The zero-order valence-corrected chi connectivity index (χ0v) is 19.2. The summed E-state index contributed by atoms with van der Waals surface area (Å²) in [5, 5.41) is 3.37. The molecule has 1 N–H and O–H groups in total. The highest BCUT2D eigenvalue weighted by molar-refractivity contribution is 5.94. The molecule has 8 nitrogen and oxygen atoms in total. The third kappa shape index (κ3) is 5.07.